The quantitative estimate of drug-likeness (QED) is 0.353. The van der Waals surface area contributed by atoms with Gasteiger partial charge in [0.1, 0.15) is 16.4 Å². The molecule has 4 rings (SSSR count). The number of phenols is 1. The minimum atomic E-state index is -4.57. The average molecular weight is 455 g/mol. The molecule has 0 aliphatic heterocycles. The van der Waals surface area contributed by atoms with Crippen LogP contribution in [-0.4, -0.2) is 15.9 Å². The fourth-order valence-corrected chi connectivity index (χ4v) is 4.08. The van der Waals surface area contributed by atoms with Crippen molar-refractivity contribution in [3.63, 3.8) is 0 Å². The molecule has 0 aliphatic carbocycles. The largest absolute Gasteiger partial charge is 0.508 e. The molecule has 0 bridgehead atoms. The number of thiazole rings is 1. The number of phenolic OH excluding ortho intramolecular Hbond substituents is 1. The van der Waals surface area contributed by atoms with Gasteiger partial charge in [-0.2, -0.15) is 13.2 Å². The third kappa shape index (κ3) is 4.28. The van der Waals surface area contributed by atoms with Crippen molar-refractivity contribution in [1.82, 2.24) is 4.98 Å². The number of alkyl halides is 3. The lowest BCUT2D eigenvalue weighted by atomic mass is 10.1. The number of benzene rings is 3. The zero-order valence-electron chi connectivity index (χ0n) is 16.4. The van der Waals surface area contributed by atoms with E-state index in [1.165, 1.54) is 24.3 Å². The van der Waals surface area contributed by atoms with Crippen molar-refractivity contribution in [3.05, 3.63) is 94.9 Å². The van der Waals surface area contributed by atoms with E-state index in [0.29, 0.717) is 10.8 Å². The van der Waals surface area contributed by atoms with Gasteiger partial charge >= 0.3 is 6.18 Å². The van der Waals surface area contributed by atoms with Gasteiger partial charge in [0.05, 0.1) is 5.56 Å². The van der Waals surface area contributed by atoms with Crippen LogP contribution < -0.4 is 10.6 Å². The highest BCUT2D eigenvalue weighted by molar-refractivity contribution is 7.18. The molecule has 0 saturated carbocycles. The number of nitrogens with two attached hydrogens (primary N) is 1. The summed E-state index contributed by atoms with van der Waals surface area (Å²) in [7, 11) is 0. The van der Waals surface area contributed by atoms with Crippen LogP contribution in [0.5, 0.6) is 5.75 Å². The van der Waals surface area contributed by atoms with Crippen LogP contribution in [0.4, 0.5) is 35.5 Å². The highest BCUT2D eigenvalue weighted by Crippen LogP contribution is 2.40. The first kappa shape index (κ1) is 21.4. The normalized spacial score (nSPS) is 11.3. The SMILES string of the molecule is Nc1nc(N(c2ccccc2)c2ccc(O)cc2)sc1C(=O)c1cccc(C(F)(F)F)c1. The molecule has 3 N–H and O–H groups in total. The van der Waals surface area contributed by atoms with Gasteiger partial charge in [-0.05, 0) is 48.5 Å². The van der Waals surface area contributed by atoms with E-state index in [0.717, 1.165) is 29.2 Å². The molecule has 9 heteroatoms. The second-order valence-corrected chi connectivity index (χ2v) is 7.78. The number of carbonyl (C=O) groups excluding carboxylic acids is 1. The van der Waals surface area contributed by atoms with E-state index in [2.05, 4.69) is 4.98 Å². The predicted molar refractivity (Wildman–Crippen MR) is 118 cm³/mol. The standard InChI is InChI=1S/C23H16F3N3O2S/c24-23(25,26)15-6-4-5-14(13-15)19(31)20-21(27)28-22(32-20)29(16-7-2-1-3-8-16)17-9-11-18(30)12-10-17/h1-13,30H,27H2. The topological polar surface area (TPSA) is 79.4 Å². The minimum Gasteiger partial charge on any atom is -0.508 e. The van der Waals surface area contributed by atoms with Crippen LogP contribution in [0.2, 0.25) is 0 Å². The van der Waals surface area contributed by atoms with Gasteiger partial charge in [-0.25, -0.2) is 4.98 Å². The van der Waals surface area contributed by atoms with Crippen molar-refractivity contribution in [1.29, 1.82) is 0 Å². The minimum absolute atomic E-state index is 0.0408. The number of carbonyl (C=O) groups is 1. The second-order valence-electron chi connectivity index (χ2n) is 6.81. The lowest BCUT2D eigenvalue weighted by Crippen LogP contribution is -2.09. The lowest BCUT2D eigenvalue weighted by molar-refractivity contribution is -0.137. The van der Waals surface area contributed by atoms with Crippen LogP contribution in [0.25, 0.3) is 0 Å². The Morgan fingerprint density at radius 2 is 1.59 bits per heavy atom. The molecule has 1 aromatic heterocycles. The van der Waals surface area contributed by atoms with Gasteiger partial charge in [-0.15, -0.1) is 0 Å². The Labute approximate surface area is 185 Å². The van der Waals surface area contributed by atoms with E-state index in [9.17, 15) is 23.1 Å². The molecule has 162 valence electrons. The van der Waals surface area contributed by atoms with E-state index in [-0.39, 0.29) is 22.0 Å². The van der Waals surface area contributed by atoms with Crippen molar-refractivity contribution < 1.29 is 23.1 Å². The molecule has 0 aliphatic rings. The highest BCUT2D eigenvalue weighted by Gasteiger charge is 2.31. The third-order valence-electron chi connectivity index (χ3n) is 4.61. The fraction of sp³-hybridized carbons (Fsp3) is 0.0435. The summed E-state index contributed by atoms with van der Waals surface area (Å²) >= 11 is 0.974. The summed E-state index contributed by atoms with van der Waals surface area (Å²) in [5, 5.41) is 9.99. The van der Waals surface area contributed by atoms with Gasteiger partial charge < -0.3 is 10.8 Å². The van der Waals surface area contributed by atoms with E-state index in [1.54, 1.807) is 17.0 Å². The van der Waals surface area contributed by atoms with Crippen molar-refractivity contribution in [3.8, 4) is 5.75 Å². The molecule has 1 heterocycles. The first-order chi connectivity index (χ1) is 15.2. The van der Waals surface area contributed by atoms with Crippen molar-refractivity contribution in [2.24, 2.45) is 0 Å². The predicted octanol–water partition coefficient (Wildman–Crippen LogP) is 6.15. The van der Waals surface area contributed by atoms with Crippen LogP contribution >= 0.6 is 11.3 Å². The van der Waals surface area contributed by atoms with E-state index >= 15 is 0 Å². The Kier molecular flexibility index (Phi) is 5.58. The molecular formula is C23H16F3N3O2S. The number of aromatic hydroxyl groups is 1. The van der Waals surface area contributed by atoms with E-state index < -0.39 is 17.5 Å². The first-order valence-electron chi connectivity index (χ1n) is 9.36. The number of aromatic nitrogens is 1. The summed E-state index contributed by atoms with van der Waals surface area (Å²) in [5.41, 5.74) is 6.35. The summed E-state index contributed by atoms with van der Waals surface area (Å²) in [5.74, 6) is -0.635. The Morgan fingerprint density at radius 3 is 2.25 bits per heavy atom. The summed E-state index contributed by atoms with van der Waals surface area (Å²) < 4.78 is 39.2. The number of para-hydroxylation sites is 1. The number of halogens is 3. The maximum absolute atomic E-state index is 13.1. The molecule has 32 heavy (non-hydrogen) atoms. The first-order valence-corrected chi connectivity index (χ1v) is 10.2. The number of anilines is 4. The number of hydrogen-bond donors (Lipinski definition) is 2. The van der Waals surface area contributed by atoms with Crippen molar-refractivity contribution in [2.75, 3.05) is 10.6 Å². The Bertz CT molecular complexity index is 1260. The molecule has 3 aromatic carbocycles. The number of rotatable bonds is 5. The Hall–Kier alpha value is -3.85. The molecule has 0 fully saturated rings. The monoisotopic (exact) mass is 455 g/mol. The maximum Gasteiger partial charge on any atom is 0.416 e. The average Bonchev–Trinajstić information content (AvgIpc) is 3.16. The summed E-state index contributed by atoms with van der Waals surface area (Å²) in [6.45, 7) is 0. The van der Waals surface area contributed by atoms with Gasteiger partial charge in [0, 0.05) is 16.9 Å². The van der Waals surface area contributed by atoms with Crippen LogP contribution in [0, 0.1) is 0 Å². The van der Waals surface area contributed by atoms with Gasteiger partial charge in [-0.3, -0.25) is 9.69 Å². The number of nitrogens with zero attached hydrogens (tertiary/aromatic N) is 2. The van der Waals surface area contributed by atoms with E-state index in [4.69, 9.17) is 5.73 Å². The number of ketones is 1. The summed E-state index contributed by atoms with van der Waals surface area (Å²) in [6.07, 6.45) is -4.57. The molecule has 5 nitrogen and oxygen atoms in total. The molecule has 0 radical (unpaired) electrons. The molecule has 0 saturated heterocycles. The molecule has 4 aromatic rings. The molecule has 0 atom stereocenters. The lowest BCUT2D eigenvalue weighted by Gasteiger charge is -2.22. The van der Waals surface area contributed by atoms with Crippen molar-refractivity contribution >= 4 is 39.4 Å². The summed E-state index contributed by atoms with van der Waals surface area (Å²) in [6, 6.07) is 19.7. The number of hydrogen-bond acceptors (Lipinski definition) is 6. The van der Waals surface area contributed by atoms with Crippen molar-refractivity contribution in [2.45, 2.75) is 6.18 Å². The van der Waals surface area contributed by atoms with Crippen LogP contribution in [0.3, 0.4) is 0 Å². The van der Waals surface area contributed by atoms with Gasteiger partial charge in [-0.1, -0.05) is 41.7 Å². The maximum atomic E-state index is 13.1. The third-order valence-corrected chi connectivity index (χ3v) is 5.67. The second kappa shape index (κ2) is 8.35. The van der Waals surface area contributed by atoms with E-state index in [1.807, 2.05) is 30.3 Å². The molecule has 0 unspecified atom stereocenters. The zero-order valence-corrected chi connectivity index (χ0v) is 17.2. The smallest absolute Gasteiger partial charge is 0.416 e. The van der Waals surface area contributed by atoms with Crippen LogP contribution in [-0.2, 0) is 6.18 Å². The highest BCUT2D eigenvalue weighted by atomic mass is 32.1. The number of nitrogen functional groups attached to an aromatic ring is 1. The van der Waals surface area contributed by atoms with Crippen LogP contribution in [0.1, 0.15) is 20.8 Å². The molecule has 0 amide bonds. The Morgan fingerprint density at radius 1 is 0.938 bits per heavy atom. The zero-order chi connectivity index (χ0) is 22.9. The molecule has 0 spiro atoms. The fourth-order valence-electron chi connectivity index (χ4n) is 3.10. The van der Waals surface area contributed by atoms with Gasteiger partial charge in [0.15, 0.2) is 5.13 Å². The van der Waals surface area contributed by atoms with Gasteiger partial charge in [0.2, 0.25) is 5.78 Å². The summed E-state index contributed by atoms with van der Waals surface area (Å²) in [4.78, 5) is 19.1. The van der Waals surface area contributed by atoms with Crippen LogP contribution in [0.15, 0.2) is 78.9 Å². The Balaban J connectivity index is 1.77. The van der Waals surface area contributed by atoms with Gasteiger partial charge in [0.25, 0.3) is 0 Å². The molecular weight excluding hydrogens is 439 g/mol.